The lowest BCUT2D eigenvalue weighted by atomic mass is 9.78. The van der Waals surface area contributed by atoms with E-state index in [1.54, 1.807) is 13.4 Å². The fourth-order valence-electron chi connectivity index (χ4n) is 5.04. The zero-order valence-electron chi connectivity index (χ0n) is 16.8. The smallest absolute Gasteiger partial charge is 0.270 e. The number of likely N-dealkylation sites (tertiary alicyclic amines) is 1. The molecule has 2 aromatic rings. The highest BCUT2D eigenvalue weighted by Gasteiger charge is 2.49. The van der Waals surface area contributed by atoms with E-state index in [1.807, 2.05) is 28.1 Å². The third-order valence-electron chi connectivity index (χ3n) is 6.65. The molecule has 3 aliphatic rings. The van der Waals surface area contributed by atoms with Gasteiger partial charge >= 0.3 is 0 Å². The molecule has 0 aromatic carbocycles. The minimum atomic E-state index is -0.460. The predicted octanol–water partition coefficient (Wildman–Crippen LogP) is 1.71. The Hall–Kier alpha value is -2.61. The van der Waals surface area contributed by atoms with Gasteiger partial charge in [-0.1, -0.05) is 0 Å². The van der Waals surface area contributed by atoms with Gasteiger partial charge in [0.25, 0.3) is 5.91 Å². The molecule has 1 aliphatic carbocycles. The van der Waals surface area contributed by atoms with Gasteiger partial charge in [0.2, 0.25) is 5.91 Å². The maximum absolute atomic E-state index is 13.2. The van der Waals surface area contributed by atoms with Crippen LogP contribution in [0.4, 0.5) is 0 Å². The van der Waals surface area contributed by atoms with Crippen molar-refractivity contribution in [2.45, 2.75) is 43.7 Å². The summed E-state index contributed by atoms with van der Waals surface area (Å²) in [5, 5.41) is 0. The van der Waals surface area contributed by atoms with Crippen molar-refractivity contribution in [3.05, 3.63) is 41.7 Å². The Labute approximate surface area is 169 Å². The van der Waals surface area contributed by atoms with Crippen molar-refractivity contribution in [2.75, 3.05) is 33.4 Å². The third kappa shape index (κ3) is 2.97. The average Bonchev–Trinajstić information content (AvgIpc) is 3.25. The second-order valence-electron chi connectivity index (χ2n) is 8.31. The Morgan fingerprint density at radius 3 is 2.79 bits per heavy atom. The monoisotopic (exact) mass is 397 g/mol. The molecule has 29 heavy (non-hydrogen) atoms. The van der Waals surface area contributed by atoms with Crippen LogP contribution in [0.25, 0.3) is 0 Å². The van der Waals surface area contributed by atoms with Gasteiger partial charge in [-0.2, -0.15) is 0 Å². The normalized spacial score (nSPS) is 20.7. The number of amides is 2. The first-order valence-corrected chi connectivity index (χ1v) is 10.4. The number of H-pyrrole nitrogens is 1. The molecule has 2 fully saturated rings. The summed E-state index contributed by atoms with van der Waals surface area (Å²) in [5.74, 6) is 0.0770. The molecule has 0 bridgehead atoms. The number of methoxy groups -OCH3 is 1. The molecule has 2 amide bonds. The maximum atomic E-state index is 13.2. The molecule has 4 heterocycles. The summed E-state index contributed by atoms with van der Waals surface area (Å²) >= 11 is 0. The predicted molar refractivity (Wildman–Crippen MR) is 105 cm³/mol. The van der Waals surface area contributed by atoms with E-state index in [0.29, 0.717) is 38.5 Å². The van der Waals surface area contributed by atoms with Crippen LogP contribution in [0.15, 0.2) is 24.7 Å². The topological polar surface area (TPSA) is 83.5 Å². The zero-order chi connectivity index (χ0) is 20.0. The lowest BCUT2D eigenvalue weighted by Crippen LogP contribution is -2.59. The molecule has 1 N–H and O–H groups in total. The summed E-state index contributed by atoms with van der Waals surface area (Å²) in [6.45, 7) is 1.93. The van der Waals surface area contributed by atoms with Crippen molar-refractivity contribution in [3.63, 3.8) is 0 Å². The molecule has 8 nitrogen and oxygen atoms in total. The standard InChI is InChI=1S/C21H27N5O3/c1-29-13-18(27)26-10-6-16-19(23-14-22-16)21(26)7-11-24(12-8-21)20(28)17-3-2-9-25(17)15-4-5-15/h2-3,9,14-15H,4-8,10-13H2,1H3,(H,22,23). The van der Waals surface area contributed by atoms with Crippen molar-refractivity contribution >= 4 is 11.8 Å². The van der Waals surface area contributed by atoms with Gasteiger partial charge in [0.05, 0.1) is 17.6 Å². The van der Waals surface area contributed by atoms with E-state index < -0.39 is 5.54 Å². The molecule has 8 heteroatoms. The minimum Gasteiger partial charge on any atom is -0.375 e. The summed E-state index contributed by atoms with van der Waals surface area (Å²) in [7, 11) is 1.55. The molecule has 0 unspecified atom stereocenters. The number of carbonyl (C=O) groups is 2. The van der Waals surface area contributed by atoms with E-state index in [0.717, 1.165) is 36.3 Å². The number of hydrogen-bond donors (Lipinski definition) is 1. The number of imidazole rings is 1. The number of hydrogen-bond acceptors (Lipinski definition) is 4. The number of nitrogens with one attached hydrogen (secondary N) is 1. The Morgan fingerprint density at radius 2 is 2.07 bits per heavy atom. The molecule has 2 aliphatic heterocycles. The fraction of sp³-hybridized carbons (Fsp3) is 0.571. The van der Waals surface area contributed by atoms with E-state index in [1.165, 1.54) is 0 Å². The zero-order valence-corrected chi connectivity index (χ0v) is 16.8. The molecular weight excluding hydrogens is 370 g/mol. The van der Waals surface area contributed by atoms with Gasteiger partial charge < -0.3 is 24.1 Å². The molecule has 1 saturated heterocycles. The fourth-order valence-corrected chi connectivity index (χ4v) is 5.04. The number of aromatic amines is 1. The molecule has 1 saturated carbocycles. The first-order chi connectivity index (χ1) is 14.1. The molecule has 1 spiro atoms. The number of ether oxygens (including phenoxy) is 1. The molecule has 5 rings (SSSR count). The third-order valence-corrected chi connectivity index (χ3v) is 6.65. The quantitative estimate of drug-likeness (QED) is 0.851. The lowest BCUT2D eigenvalue weighted by Gasteiger charge is -2.50. The van der Waals surface area contributed by atoms with E-state index in [2.05, 4.69) is 14.5 Å². The second-order valence-corrected chi connectivity index (χ2v) is 8.31. The van der Waals surface area contributed by atoms with Gasteiger partial charge in [0.1, 0.15) is 12.3 Å². The SMILES string of the molecule is COCC(=O)N1CCc2[nH]cnc2C12CCN(C(=O)c1cccn1C1CC1)CC2. The number of rotatable bonds is 4. The summed E-state index contributed by atoms with van der Waals surface area (Å²) in [6.07, 6.45) is 8.18. The van der Waals surface area contributed by atoms with Crippen LogP contribution in [-0.2, 0) is 21.5 Å². The molecule has 2 aromatic heterocycles. The summed E-state index contributed by atoms with van der Waals surface area (Å²) in [5.41, 5.74) is 2.38. The van der Waals surface area contributed by atoms with Crippen molar-refractivity contribution in [1.82, 2.24) is 24.3 Å². The Bertz CT molecular complexity index is 920. The molecular formula is C21H27N5O3. The number of fused-ring (bicyclic) bond motifs is 2. The first-order valence-electron chi connectivity index (χ1n) is 10.4. The minimum absolute atomic E-state index is 0.0106. The molecule has 0 atom stereocenters. The van der Waals surface area contributed by atoms with Crippen LogP contribution in [0.5, 0.6) is 0 Å². The summed E-state index contributed by atoms with van der Waals surface area (Å²) in [4.78, 5) is 37.7. The van der Waals surface area contributed by atoms with Crippen molar-refractivity contribution in [2.24, 2.45) is 0 Å². The van der Waals surface area contributed by atoms with Gasteiger partial charge in [0, 0.05) is 51.1 Å². The van der Waals surface area contributed by atoms with Crippen LogP contribution in [0.3, 0.4) is 0 Å². The number of carbonyl (C=O) groups excluding carboxylic acids is 2. The highest BCUT2D eigenvalue weighted by molar-refractivity contribution is 5.93. The highest BCUT2D eigenvalue weighted by atomic mass is 16.5. The van der Waals surface area contributed by atoms with Gasteiger partial charge in [-0.3, -0.25) is 9.59 Å². The number of aromatic nitrogens is 3. The van der Waals surface area contributed by atoms with Crippen LogP contribution in [-0.4, -0.2) is 69.5 Å². The van der Waals surface area contributed by atoms with Gasteiger partial charge in [-0.25, -0.2) is 4.98 Å². The van der Waals surface area contributed by atoms with Crippen molar-refractivity contribution in [1.29, 1.82) is 0 Å². The van der Waals surface area contributed by atoms with Crippen LogP contribution >= 0.6 is 0 Å². The largest absolute Gasteiger partial charge is 0.375 e. The second kappa shape index (κ2) is 7.02. The van der Waals surface area contributed by atoms with Crippen LogP contribution in [0, 0.1) is 0 Å². The lowest BCUT2D eigenvalue weighted by molar-refractivity contribution is -0.145. The Morgan fingerprint density at radius 1 is 1.28 bits per heavy atom. The van der Waals surface area contributed by atoms with Crippen LogP contribution in [0.1, 0.15) is 53.6 Å². The Kier molecular flexibility index (Phi) is 4.46. The van der Waals surface area contributed by atoms with Gasteiger partial charge in [-0.05, 0) is 37.8 Å². The van der Waals surface area contributed by atoms with Gasteiger partial charge in [0.15, 0.2) is 0 Å². The van der Waals surface area contributed by atoms with Crippen molar-refractivity contribution in [3.8, 4) is 0 Å². The highest BCUT2D eigenvalue weighted by Crippen LogP contribution is 2.43. The first kappa shape index (κ1) is 18.4. The van der Waals surface area contributed by atoms with E-state index >= 15 is 0 Å². The van der Waals surface area contributed by atoms with Crippen LogP contribution in [0.2, 0.25) is 0 Å². The Balaban J connectivity index is 1.39. The maximum Gasteiger partial charge on any atom is 0.270 e. The van der Waals surface area contributed by atoms with E-state index in [4.69, 9.17) is 4.74 Å². The number of piperidine rings is 1. The van der Waals surface area contributed by atoms with Crippen LogP contribution < -0.4 is 0 Å². The number of nitrogens with zero attached hydrogens (tertiary/aromatic N) is 4. The molecule has 0 radical (unpaired) electrons. The molecule has 154 valence electrons. The van der Waals surface area contributed by atoms with E-state index in [-0.39, 0.29) is 18.4 Å². The van der Waals surface area contributed by atoms with Crippen molar-refractivity contribution < 1.29 is 14.3 Å². The summed E-state index contributed by atoms with van der Waals surface area (Å²) < 4.78 is 7.24. The summed E-state index contributed by atoms with van der Waals surface area (Å²) in [6, 6.07) is 4.36. The van der Waals surface area contributed by atoms with E-state index in [9.17, 15) is 9.59 Å². The van der Waals surface area contributed by atoms with Gasteiger partial charge in [-0.15, -0.1) is 0 Å². The average molecular weight is 397 g/mol.